The quantitative estimate of drug-likeness (QED) is 0.430. The number of hydrogen-bond donors (Lipinski definition) is 0. The van der Waals surface area contributed by atoms with Gasteiger partial charge in [0.2, 0.25) is 0 Å². The van der Waals surface area contributed by atoms with Crippen LogP contribution in [0.1, 0.15) is 45.9 Å². The first-order valence-electron chi connectivity index (χ1n) is 13.3. The molecule has 10 heteroatoms. The molecule has 0 aromatic heterocycles. The molecular formula is C32H26N4O4S2. The van der Waals surface area contributed by atoms with E-state index in [0.717, 1.165) is 0 Å². The normalized spacial score (nSPS) is 26.8. The summed E-state index contributed by atoms with van der Waals surface area (Å²) in [7, 11) is -7.41. The van der Waals surface area contributed by atoms with Gasteiger partial charge in [0.1, 0.15) is 0 Å². The van der Waals surface area contributed by atoms with E-state index in [0.29, 0.717) is 22.3 Å². The molecule has 0 bridgehead atoms. The molecule has 0 spiro atoms. The zero-order chi connectivity index (χ0) is 30.2. The molecule has 2 fully saturated rings. The Bertz CT molecular complexity index is 1730. The van der Waals surface area contributed by atoms with Gasteiger partial charge in [0.15, 0.2) is 30.5 Å². The molecule has 4 unspecified atom stereocenters. The fraction of sp³-hybridized carbons (Fsp3) is 0.312. The fourth-order valence-electron chi connectivity index (χ4n) is 6.64. The van der Waals surface area contributed by atoms with Crippen molar-refractivity contribution in [2.45, 2.75) is 23.7 Å². The molecule has 0 aliphatic carbocycles. The zero-order valence-electron chi connectivity index (χ0n) is 22.5. The van der Waals surface area contributed by atoms with Gasteiger partial charge in [-0.2, -0.15) is 21.0 Å². The lowest BCUT2D eigenvalue weighted by atomic mass is 9.63. The van der Waals surface area contributed by atoms with Crippen LogP contribution >= 0.6 is 0 Å². The molecule has 0 N–H and O–H groups in total. The number of sulfone groups is 2. The van der Waals surface area contributed by atoms with Crippen LogP contribution in [0.25, 0.3) is 0 Å². The predicted octanol–water partition coefficient (Wildman–Crippen LogP) is 4.35. The minimum Gasteiger partial charge on any atom is -0.229 e. The van der Waals surface area contributed by atoms with Crippen molar-refractivity contribution in [2.75, 3.05) is 23.0 Å². The first-order chi connectivity index (χ1) is 20.0. The van der Waals surface area contributed by atoms with Gasteiger partial charge in [0, 0.05) is 23.7 Å². The largest absolute Gasteiger partial charge is 0.229 e. The summed E-state index contributed by atoms with van der Waals surface area (Å²) in [6.07, 6.45) is 0. The van der Waals surface area contributed by atoms with Crippen molar-refractivity contribution in [3.63, 3.8) is 0 Å². The van der Waals surface area contributed by atoms with Crippen LogP contribution in [0.15, 0.2) is 84.9 Å². The lowest BCUT2D eigenvalue weighted by Gasteiger charge is -2.42. The van der Waals surface area contributed by atoms with Gasteiger partial charge in [-0.15, -0.1) is 0 Å². The Morgan fingerprint density at radius 2 is 0.762 bits per heavy atom. The number of nitriles is 4. The molecule has 210 valence electrons. The van der Waals surface area contributed by atoms with Crippen LogP contribution < -0.4 is 0 Å². The Morgan fingerprint density at radius 3 is 1.07 bits per heavy atom. The van der Waals surface area contributed by atoms with E-state index in [1.807, 2.05) is 0 Å². The fourth-order valence-corrected chi connectivity index (χ4v) is 10.8. The van der Waals surface area contributed by atoms with E-state index in [1.54, 1.807) is 84.9 Å². The van der Waals surface area contributed by atoms with Crippen LogP contribution in [0.4, 0.5) is 0 Å². The Kier molecular flexibility index (Phi) is 7.42. The third kappa shape index (κ3) is 4.84. The van der Waals surface area contributed by atoms with Crippen LogP contribution in [0.3, 0.4) is 0 Å². The highest BCUT2D eigenvalue weighted by Gasteiger charge is 2.56. The maximum absolute atomic E-state index is 13.2. The molecule has 3 aromatic rings. The van der Waals surface area contributed by atoms with E-state index in [-0.39, 0.29) is 11.5 Å². The second kappa shape index (κ2) is 10.7. The van der Waals surface area contributed by atoms with Gasteiger partial charge in [-0.25, -0.2) is 16.8 Å². The SMILES string of the molecule is N#CC1(C#N)C(c2ccccc2)CS(=O)(=O)CC1c1cccc(C2CS(=O)(=O)CC(c3ccccc3)C2(C#N)C#N)c1. The summed E-state index contributed by atoms with van der Waals surface area (Å²) in [6.45, 7) is 0. The molecule has 0 amide bonds. The van der Waals surface area contributed by atoms with Gasteiger partial charge in [-0.3, -0.25) is 0 Å². The van der Waals surface area contributed by atoms with Gasteiger partial charge >= 0.3 is 0 Å². The third-order valence-electron chi connectivity index (χ3n) is 8.74. The molecule has 2 saturated heterocycles. The first kappa shape index (κ1) is 29.0. The smallest absolute Gasteiger partial charge is 0.159 e. The van der Waals surface area contributed by atoms with E-state index >= 15 is 0 Å². The monoisotopic (exact) mass is 594 g/mol. The molecule has 2 heterocycles. The van der Waals surface area contributed by atoms with Crippen LogP contribution in [-0.2, 0) is 19.7 Å². The molecule has 8 nitrogen and oxygen atoms in total. The van der Waals surface area contributed by atoms with Crippen molar-refractivity contribution in [2.24, 2.45) is 10.8 Å². The van der Waals surface area contributed by atoms with Gasteiger partial charge in [0.05, 0.1) is 47.3 Å². The molecule has 2 aliphatic rings. The van der Waals surface area contributed by atoms with E-state index in [4.69, 9.17) is 0 Å². The summed E-state index contributed by atoms with van der Waals surface area (Å²) in [6, 6.07) is 32.3. The molecule has 4 atom stereocenters. The summed E-state index contributed by atoms with van der Waals surface area (Å²) >= 11 is 0. The standard InChI is InChI=1S/C32H26N4O4S2/c33-19-31(20-34)27(23-8-3-1-4-9-23)15-41(37,38)17-29(31)25-12-7-13-26(14-25)30-18-42(39,40)16-28(32(30,21-35)22-36)24-10-5-2-6-11-24/h1-14,27-30H,15-18H2. The maximum Gasteiger partial charge on any atom is 0.159 e. The van der Waals surface area contributed by atoms with Gasteiger partial charge in [-0.05, 0) is 22.3 Å². The summed E-state index contributed by atoms with van der Waals surface area (Å²) in [5.41, 5.74) is -1.63. The Hall–Kier alpha value is -4.48. The van der Waals surface area contributed by atoms with Crippen molar-refractivity contribution in [3.05, 3.63) is 107 Å². The van der Waals surface area contributed by atoms with E-state index in [2.05, 4.69) is 24.3 Å². The van der Waals surface area contributed by atoms with Gasteiger partial charge < -0.3 is 0 Å². The molecule has 5 rings (SSSR count). The van der Waals surface area contributed by atoms with E-state index < -0.39 is 65.7 Å². The average Bonchev–Trinajstić information content (AvgIpc) is 3.01. The van der Waals surface area contributed by atoms with Crippen LogP contribution in [0.2, 0.25) is 0 Å². The van der Waals surface area contributed by atoms with Gasteiger partial charge in [0.25, 0.3) is 0 Å². The summed E-state index contributed by atoms with van der Waals surface area (Å²) < 4.78 is 52.9. The lowest BCUT2D eigenvalue weighted by molar-refractivity contribution is 0.344. The highest BCUT2D eigenvalue weighted by molar-refractivity contribution is 7.91. The first-order valence-corrected chi connectivity index (χ1v) is 16.9. The third-order valence-corrected chi connectivity index (χ3v) is 12.1. The van der Waals surface area contributed by atoms with Crippen molar-refractivity contribution >= 4 is 19.7 Å². The van der Waals surface area contributed by atoms with Gasteiger partial charge in [-0.1, -0.05) is 84.9 Å². The minimum atomic E-state index is -3.70. The van der Waals surface area contributed by atoms with E-state index in [1.165, 1.54) is 0 Å². The van der Waals surface area contributed by atoms with Crippen LogP contribution in [0.5, 0.6) is 0 Å². The van der Waals surface area contributed by atoms with Crippen molar-refractivity contribution in [1.82, 2.24) is 0 Å². The maximum atomic E-state index is 13.2. The van der Waals surface area contributed by atoms with Crippen molar-refractivity contribution in [3.8, 4) is 24.3 Å². The molecule has 0 radical (unpaired) electrons. The Morgan fingerprint density at radius 1 is 0.476 bits per heavy atom. The topological polar surface area (TPSA) is 163 Å². The average molecular weight is 595 g/mol. The minimum absolute atomic E-state index is 0.361. The summed E-state index contributed by atoms with van der Waals surface area (Å²) in [4.78, 5) is 0. The van der Waals surface area contributed by atoms with Crippen LogP contribution in [-0.4, -0.2) is 39.8 Å². The number of benzene rings is 3. The number of nitrogens with zero attached hydrogens (tertiary/aromatic N) is 4. The van der Waals surface area contributed by atoms with Crippen molar-refractivity contribution < 1.29 is 16.8 Å². The number of rotatable bonds is 4. The molecule has 0 saturated carbocycles. The predicted molar refractivity (Wildman–Crippen MR) is 155 cm³/mol. The molecular weight excluding hydrogens is 569 g/mol. The summed E-state index contributed by atoms with van der Waals surface area (Å²) in [5, 5.41) is 41.8. The Labute approximate surface area is 245 Å². The summed E-state index contributed by atoms with van der Waals surface area (Å²) in [5.74, 6) is -5.57. The van der Waals surface area contributed by atoms with Crippen LogP contribution in [0, 0.1) is 56.2 Å². The zero-order valence-corrected chi connectivity index (χ0v) is 24.1. The number of hydrogen-bond acceptors (Lipinski definition) is 8. The van der Waals surface area contributed by atoms with E-state index in [9.17, 15) is 37.9 Å². The highest BCUT2D eigenvalue weighted by atomic mass is 32.2. The molecule has 42 heavy (non-hydrogen) atoms. The highest BCUT2D eigenvalue weighted by Crippen LogP contribution is 2.54. The lowest BCUT2D eigenvalue weighted by Crippen LogP contribution is -2.46. The second-order valence-electron chi connectivity index (χ2n) is 11.0. The second-order valence-corrected chi connectivity index (χ2v) is 15.3. The van der Waals surface area contributed by atoms with Crippen molar-refractivity contribution in [1.29, 1.82) is 21.0 Å². The molecule has 2 aliphatic heterocycles. The molecule has 3 aromatic carbocycles. The Balaban J connectivity index is 1.67.